The highest BCUT2D eigenvalue weighted by Gasteiger charge is 2.36. The molecule has 0 unspecified atom stereocenters. The number of fused-ring (bicyclic) bond motifs is 1. The molecule has 8 nitrogen and oxygen atoms in total. The first-order valence-corrected chi connectivity index (χ1v) is 10.1. The molecule has 0 fully saturated rings. The second-order valence-electron chi connectivity index (χ2n) is 6.71. The summed E-state index contributed by atoms with van der Waals surface area (Å²) in [5, 5.41) is 11.6. The molecule has 0 saturated carbocycles. The Labute approximate surface area is 176 Å². The van der Waals surface area contributed by atoms with E-state index >= 15 is 0 Å². The fraction of sp³-hybridized carbons (Fsp3) is 0.190. The number of carbonyl (C=O) groups excluding carboxylic acids is 3. The third-order valence-electron chi connectivity index (χ3n) is 4.47. The summed E-state index contributed by atoms with van der Waals surface area (Å²) in [5.41, 5.74) is 1.73. The lowest BCUT2D eigenvalue weighted by Gasteiger charge is -2.12. The summed E-state index contributed by atoms with van der Waals surface area (Å²) in [6.07, 6.45) is 0.542. The first-order valence-electron chi connectivity index (χ1n) is 9.28. The van der Waals surface area contributed by atoms with Crippen LogP contribution >= 0.6 is 11.3 Å². The molecule has 9 heteroatoms. The zero-order valence-corrected chi connectivity index (χ0v) is 16.9. The van der Waals surface area contributed by atoms with Crippen molar-refractivity contribution in [3.05, 3.63) is 70.2 Å². The van der Waals surface area contributed by atoms with Crippen molar-refractivity contribution in [2.45, 2.75) is 13.3 Å². The molecule has 0 bridgehead atoms. The standard InChI is InChI=1S/C21H18N4O4S/c1-13-5-4-6-14(11-13)29-10-9-18-23-24-21(30-18)22-17(26)12-25-19(27)15-7-2-3-8-16(15)20(25)28/h2-8,11H,9-10,12H2,1H3,(H,22,24,26). The molecule has 3 aromatic rings. The lowest BCUT2D eigenvalue weighted by atomic mass is 10.1. The van der Waals surface area contributed by atoms with Gasteiger partial charge in [-0.15, -0.1) is 10.2 Å². The number of nitrogens with zero attached hydrogens (tertiary/aromatic N) is 3. The Morgan fingerprint density at radius 2 is 1.80 bits per heavy atom. The fourth-order valence-electron chi connectivity index (χ4n) is 3.05. The SMILES string of the molecule is Cc1cccc(OCCc2nnc(NC(=O)CN3C(=O)c4ccccc4C3=O)s2)c1. The van der Waals surface area contributed by atoms with Gasteiger partial charge in [0.05, 0.1) is 17.7 Å². The van der Waals surface area contributed by atoms with Crippen molar-refractivity contribution >= 4 is 34.2 Å². The van der Waals surface area contributed by atoms with Crippen LogP contribution in [-0.2, 0) is 11.2 Å². The highest BCUT2D eigenvalue weighted by Crippen LogP contribution is 2.22. The zero-order valence-electron chi connectivity index (χ0n) is 16.1. The molecular formula is C21H18N4O4S. The monoisotopic (exact) mass is 422 g/mol. The van der Waals surface area contributed by atoms with Gasteiger partial charge in [-0.3, -0.25) is 24.6 Å². The van der Waals surface area contributed by atoms with Gasteiger partial charge in [0.15, 0.2) is 0 Å². The van der Waals surface area contributed by atoms with Gasteiger partial charge in [-0.2, -0.15) is 0 Å². The Hall–Kier alpha value is -3.59. The van der Waals surface area contributed by atoms with Crippen LogP contribution in [-0.4, -0.2) is 46.0 Å². The maximum absolute atomic E-state index is 12.3. The van der Waals surface area contributed by atoms with Crippen molar-refractivity contribution in [2.75, 3.05) is 18.5 Å². The van der Waals surface area contributed by atoms with E-state index in [1.807, 2.05) is 31.2 Å². The van der Waals surface area contributed by atoms with Gasteiger partial charge in [0.25, 0.3) is 11.8 Å². The second kappa shape index (κ2) is 8.42. The normalized spacial score (nSPS) is 12.8. The van der Waals surface area contributed by atoms with E-state index in [0.717, 1.165) is 16.2 Å². The van der Waals surface area contributed by atoms with E-state index in [1.165, 1.54) is 11.3 Å². The smallest absolute Gasteiger partial charge is 0.262 e. The number of rotatable bonds is 7. The van der Waals surface area contributed by atoms with E-state index in [1.54, 1.807) is 24.3 Å². The summed E-state index contributed by atoms with van der Waals surface area (Å²) in [6.45, 7) is 2.05. The maximum atomic E-state index is 12.3. The molecule has 30 heavy (non-hydrogen) atoms. The minimum absolute atomic E-state index is 0.308. The first-order chi connectivity index (χ1) is 14.5. The largest absolute Gasteiger partial charge is 0.493 e. The van der Waals surface area contributed by atoms with E-state index in [2.05, 4.69) is 15.5 Å². The number of imide groups is 1. The van der Waals surface area contributed by atoms with Crippen molar-refractivity contribution < 1.29 is 19.1 Å². The highest BCUT2D eigenvalue weighted by atomic mass is 32.1. The van der Waals surface area contributed by atoms with Gasteiger partial charge in [-0.25, -0.2) is 0 Å². The van der Waals surface area contributed by atoms with E-state index < -0.39 is 17.7 Å². The van der Waals surface area contributed by atoms with E-state index in [-0.39, 0.29) is 6.54 Å². The molecule has 2 heterocycles. The average molecular weight is 422 g/mol. The summed E-state index contributed by atoms with van der Waals surface area (Å²) < 4.78 is 5.69. The van der Waals surface area contributed by atoms with E-state index in [0.29, 0.717) is 34.3 Å². The van der Waals surface area contributed by atoms with Gasteiger partial charge in [0, 0.05) is 6.42 Å². The number of carbonyl (C=O) groups is 3. The molecule has 3 amide bonds. The van der Waals surface area contributed by atoms with Gasteiger partial charge >= 0.3 is 0 Å². The number of hydrogen-bond acceptors (Lipinski definition) is 7. The van der Waals surface area contributed by atoms with Crippen LogP contribution in [0.25, 0.3) is 0 Å². The van der Waals surface area contributed by atoms with Crippen LogP contribution < -0.4 is 10.1 Å². The molecule has 1 aliphatic rings. The molecule has 0 spiro atoms. The molecule has 0 atom stereocenters. The third-order valence-corrected chi connectivity index (χ3v) is 5.37. The third kappa shape index (κ3) is 4.20. The van der Waals surface area contributed by atoms with Crippen LogP contribution in [0.15, 0.2) is 48.5 Å². The van der Waals surface area contributed by atoms with Crippen molar-refractivity contribution in [1.29, 1.82) is 0 Å². The van der Waals surface area contributed by atoms with Crippen molar-refractivity contribution in [3.63, 3.8) is 0 Å². The zero-order chi connectivity index (χ0) is 21.1. The minimum atomic E-state index is -0.511. The molecule has 152 valence electrons. The Bertz CT molecular complexity index is 1090. The molecule has 2 aromatic carbocycles. The fourth-order valence-corrected chi connectivity index (χ4v) is 3.79. The lowest BCUT2D eigenvalue weighted by molar-refractivity contribution is -0.116. The quantitative estimate of drug-likeness (QED) is 0.588. The lowest BCUT2D eigenvalue weighted by Crippen LogP contribution is -2.37. The Kier molecular flexibility index (Phi) is 5.53. The summed E-state index contributed by atoms with van der Waals surface area (Å²) in [4.78, 5) is 37.9. The first kappa shape index (κ1) is 19.7. The van der Waals surface area contributed by atoms with Crippen LogP contribution in [0.4, 0.5) is 5.13 Å². The number of aromatic nitrogens is 2. The maximum Gasteiger partial charge on any atom is 0.262 e. The van der Waals surface area contributed by atoms with Crippen LogP contribution in [0.3, 0.4) is 0 Å². The van der Waals surface area contributed by atoms with Gasteiger partial charge in [-0.05, 0) is 36.8 Å². The van der Waals surface area contributed by atoms with Gasteiger partial charge < -0.3 is 4.74 Å². The van der Waals surface area contributed by atoms with Gasteiger partial charge in [0.2, 0.25) is 11.0 Å². The van der Waals surface area contributed by atoms with Crippen LogP contribution in [0.2, 0.25) is 0 Å². The van der Waals surface area contributed by atoms with Crippen LogP contribution in [0.1, 0.15) is 31.3 Å². The number of benzene rings is 2. The molecule has 0 radical (unpaired) electrons. The van der Waals surface area contributed by atoms with E-state index in [4.69, 9.17) is 4.74 Å². The summed E-state index contributed by atoms with van der Waals surface area (Å²) in [6, 6.07) is 14.3. The average Bonchev–Trinajstić information content (AvgIpc) is 3.26. The number of hydrogen-bond donors (Lipinski definition) is 1. The number of anilines is 1. The van der Waals surface area contributed by atoms with Crippen LogP contribution in [0, 0.1) is 6.92 Å². The van der Waals surface area contributed by atoms with Gasteiger partial charge in [-0.1, -0.05) is 35.6 Å². The summed E-state index contributed by atoms with van der Waals surface area (Å²) in [7, 11) is 0. The minimum Gasteiger partial charge on any atom is -0.493 e. The van der Waals surface area contributed by atoms with E-state index in [9.17, 15) is 14.4 Å². The molecule has 0 saturated heterocycles. The predicted molar refractivity (Wildman–Crippen MR) is 111 cm³/mol. The molecule has 1 aromatic heterocycles. The number of ether oxygens (including phenoxy) is 1. The van der Waals surface area contributed by atoms with Crippen molar-refractivity contribution in [2.24, 2.45) is 0 Å². The Balaban J connectivity index is 1.29. The molecule has 0 aliphatic carbocycles. The summed E-state index contributed by atoms with van der Waals surface area (Å²) >= 11 is 1.22. The van der Waals surface area contributed by atoms with Crippen molar-refractivity contribution in [3.8, 4) is 5.75 Å². The summed E-state index contributed by atoms with van der Waals surface area (Å²) in [5.74, 6) is -0.675. The van der Waals surface area contributed by atoms with Gasteiger partial charge in [0.1, 0.15) is 17.3 Å². The molecule has 1 N–H and O–H groups in total. The highest BCUT2D eigenvalue weighted by molar-refractivity contribution is 7.15. The Morgan fingerprint density at radius 3 is 2.50 bits per heavy atom. The topological polar surface area (TPSA) is 101 Å². The van der Waals surface area contributed by atoms with Crippen molar-refractivity contribution in [1.82, 2.24) is 15.1 Å². The molecule has 1 aliphatic heterocycles. The predicted octanol–water partition coefficient (Wildman–Crippen LogP) is 2.70. The second-order valence-corrected chi connectivity index (χ2v) is 7.77. The van der Waals surface area contributed by atoms with Crippen LogP contribution in [0.5, 0.6) is 5.75 Å². The number of amides is 3. The number of nitrogens with one attached hydrogen (secondary N) is 1. The Morgan fingerprint density at radius 1 is 1.07 bits per heavy atom. The molecule has 4 rings (SSSR count). The number of aryl methyl sites for hydroxylation is 1. The molecular weight excluding hydrogens is 404 g/mol.